The van der Waals surface area contributed by atoms with Crippen molar-refractivity contribution in [1.29, 1.82) is 0 Å². The highest BCUT2D eigenvalue weighted by Crippen LogP contribution is 2.19. The average Bonchev–Trinajstić information content (AvgIpc) is 3.10. The number of hydrogen-bond acceptors (Lipinski definition) is 6. The normalized spacial score (nSPS) is 14.8. The van der Waals surface area contributed by atoms with Gasteiger partial charge < -0.3 is 14.8 Å². The van der Waals surface area contributed by atoms with Gasteiger partial charge in [0.05, 0.1) is 22.0 Å². The first-order chi connectivity index (χ1) is 15.4. The summed E-state index contributed by atoms with van der Waals surface area (Å²) < 4.78 is 2.33. The molecule has 1 aromatic carbocycles. The van der Waals surface area contributed by atoms with Crippen molar-refractivity contribution in [2.24, 2.45) is 14.1 Å². The Labute approximate surface area is 182 Å². The van der Waals surface area contributed by atoms with Crippen LogP contribution in [-0.4, -0.2) is 61.1 Å². The number of benzene rings is 1. The molecular formula is C22H23N7O3. The van der Waals surface area contributed by atoms with Gasteiger partial charge in [0, 0.05) is 46.5 Å². The van der Waals surface area contributed by atoms with Gasteiger partial charge in [0.15, 0.2) is 0 Å². The largest absolute Gasteiger partial charge is 0.341 e. The molecule has 0 atom stereocenters. The number of fused-ring (bicyclic) bond motifs is 2. The van der Waals surface area contributed by atoms with Gasteiger partial charge in [0.1, 0.15) is 5.65 Å². The van der Waals surface area contributed by atoms with Crippen LogP contribution in [0.5, 0.6) is 0 Å². The number of aromatic nitrogens is 5. The van der Waals surface area contributed by atoms with Gasteiger partial charge >= 0.3 is 5.69 Å². The van der Waals surface area contributed by atoms with E-state index in [1.54, 1.807) is 11.9 Å². The summed E-state index contributed by atoms with van der Waals surface area (Å²) in [7, 11) is 2.97. The summed E-state index contributed by atoms with van der Waals surface area (Å²) in [6.45, 7) is 2.54. The maximum atomic E-state index is 13.2. The van der Waals surface area contributed by atoms with E-state index < -0.39 is 11.2 Å². The summed E-state index contributed by atoms with van der Waals surface area (Å²) in [4.78, 5) is 54.0. The lowest BCUT2D eigenvalue weighted by atomic mass is 10.2. The van der Waals surface area contributed by atoms with Crippen molar-refractivity contribution in [3.8, 4) is 0 Å². The van der Waals surface area contributed by atoms with Crippen LogP contribution < -0.4 is 16.1 Å². The number of carbonyl (C=O) groups excluding carboxylic acids is 1. The van der Waals surface area contributed by atoms with Crippen LogP contribution in [0.4, 0.5) is 5.95 Å². The summed E-state index contributed by atoms with van der Waals surface area (Å²) >= 11 is 0. The van der Waals surface area contributed by atoms with Gasteiger partial charge in [0.25, 0.3) is 11.5 Å². The zero-order valence-corrected chi connectivity index (χ0v) is 17.9. The molecule has 1 fully saturated rings. The molecule has 10 nitrogen and oxygen atoms in total. The second kappa shape index (κ2) is 7.63. The number of aryl methyl sites for hydroxylation is 1. The topological polar surface area (TPSA) is 109 Å². The van der Waals surface area contributed by atoms with E-state index in [1.807, 2.05) is 24.3 Å². The fourth-order valence-electron chi connectivity index (χ4n) is 4.19. The molecule has 0 aliphatic carbocycles. The smallest absolute Gasteiger partial charge is 0.332 e. The summed E-state index contributed by atoms with van der Waals surface area (Å²) in [5, 5.41) is 0.249. The van der Waals surface area contributed by atoms with E-state index >= 15 is 0 Å². The third kappa shape index (κ3) is 3.24. The third-order valence-corrected chi connectivity index (χ3v) is 6.00. The Morgan fingerprint density at radius 3 is 2.66 bits per heavy atom. The first-order valence-electron chi connectivity index (χ1n) is 10.5. The standard InChI is InChI=1S/C22H23N7O3/c1-26-18-15(20(31)27(2)22(26)32)12-14(13-23-18)19(30)28-8-5-9-29(11-10-28)21-24-16-6-3-4-7-17(16)25-21/h3-4,6-7,12-13H,5,8-11H2,1-2H3,(H,24,25). The zero-order valence-electron chi connectivity index (χ0n) is 17.9. The van der Waals surface area contributed by atoms with E-state index in [4.69, 9.17) is 0 Å². The predicted octanol–water partition coefficient (Wildman–Crippen LogP) is 0.861. The molecule has 5 rings (SSSR count). The lowest BCUT2D eigenvalue weighted by Crippen LogP contribution is -2.38. The number of amides is 1. The fraction of sp³-hybridized carbons (Fsp3) is 0.318. The van der Waals surface area contributed by atoms with Gasteiger partial charge in [-0.05, 0) is 24.6 Å². The Morgan fingerprint density at radius 1 is 1.03 bits per heavy atom. The van der Waals surface area contributed by atoms with E-state index in [0.717, 1.165) is 34.5 Å². The van der Waals surface area contributed by atoms with Crippen LogP contribution in [0.1, 0.15) is 16.8 Å². The van der Waals surface area contributed by atoms with Crippen LogP contribution >= 0.6 is 0 Å². The Hall–Kier alpha value is -3.95. The minimum Gasteiger partial charge on any atom is -0.341 e. The summed E-state index contributed by atoms with van der Waals surface area (Å²) in [5.74, 6) is 0.624. The number of nitrogens with zero attached hydrogens (tertiary/aromatic N) is 6. The molecule has 32 heavy (non-hydrogen) atoms. The second-order valence-corrected chi connectivity index (χ2v) is 8.01. The molecule has 1 N–H and O–H groups in total. The summed E-state index contributed by atoms with van der Waals surface area (Å²) in [6.07, 6.45) is 2.23. The predicted molar refractivity (Wildman–Crippen MR) is 121 cm³/mol. The van der Waals surface area contributed by atoms with Crippen LogP contribution in [-0.2, 0) is 14.1 Å². The first kappa shape index (κ1) is 20.0. The van der Waals surface area contributed by atoms with E-state index in [1.165, 1.54) is 23.9 Å². The fourth-order valence-corrected chi connectivity index (χ4v) is 4.19. The van der Waals surface area contributed by atoms with Crippen molar-refractivity contribution in [3.63, 3.8) is 0 Å². The van der Waals surface area contributed by atoms with Gasteiger partial charge in [0.2, 0.25) is 5.95 Å². The molecule has 3 aromatic heterocycles. The Kier molecular flexibility index (Phi) is 4.76. The molecule has 1 aliphatic heterocycles. The quantitative estimate of drug-likeness (QED) is 0.502. The van der Waals surface area contributed by atoms with Crippen molar-refractivity contribution in [2.75, 3.05) is 31.1 Å². The van der Waals surface area contributed by atoms with Crippen molar-refractivity contribution in [2.45, 2.75) is 6.42 Å². The van der Waals surface area contributed by atoms with Crippen molar-refractivity contribution < 1.29 is 4.79 Å². The van der Waals surface area contributed by atoms with Crippen LogP contribution in [0.2, 0.25) is 0 Å². The third-order valence-electron chi connectivity index (χ3n) is 6.00. The number of aromatic amines is 1. The minimum atomic E-state index is -0.461. The van der Waals surface area contributed by atoms with Crippen LogP contribution in [0, 0.1) is 0 Å². The summed E-state index contributed by atoms with van der Waals surface area (Å²) in [5.41, 5.74) is 1.59. The van der Waals surface area contributed by atoms with Crippen molar-refractivity contribution in [1.82, 2.24) is 29.0 Å². The highest BCUT2D eigenvalue weighted by molar-refractivity contribution is 5.96. The number of hydrogen-bond donors (Lipinski definition) is 1. The Bertz CT molecular complexity index is 1430. The molecular weight excluding hydrogens is 410 g/mol. The number of rotatable bonds is 2. The molecule has 0 spiro atoms. The lowest BCUT2D eigenvalue weighted by molar-refractivity contribution is 0.0766. The van der Waals surface area contributed by atoms with E-state index in [2.05, 4.69) is 19.9 Å². The van der Waals surface area contributed by atoms with Crippen LogP contribution in [0.15, 0.2) is 46.1 Å². The van der Waals surface area contributed by atoms with E-state index in [0.29, 0.717) is 25.2 Å². The van der Waals surface area contributed by atoms with Crippen LogP contribution in [0.25, 0.3) is 22.1 Å². The molecule has 1 saturated heterocycles. The minimum absolute atomic E-state index is 0.179. The van der Waals surface area contributed by atoms with Gasteiger partial charge in [-0.1, -0.05) is 12.1 Å². The van der Waals surface area contributed by atoms with E-state index in [-0.39, 0.29) is 16.9 Å². The molecule has 4 heterocycles. The Morgan fingerprint density at radius 2 is 1.84 bits per heavy atom. The molecule has 0 unspecified atom stereocenters. The first-order valence-corrected chi connectivity index (χ1v) is 10.5. The number of nitrogens with one attached hydrogen (secondary N) is 1. The zero-order chi connectivity index (χ0) is 22.4. The van der Waals surface area contributed by atoms with Gasteiger partial charge in [-0.15, -0.1) is 0 Å². The molecule has 164 valence electrons. The number of H-pyrrole nitrogens is 1. The number of para-hydroxylation sites is 2. The number of carbonyl (C=O) groups is 1. The number of anilines is 1. The molecule has 0 bridgehead atoms. The monoisotopic (exact) mass is 433 g/mol. The van der Waals surface area contributed by atoms with Crippen molar-refractivity contribution >= 4 is 33.9 Å². The molecule has 0 saturated carbocycles. The van der Waals surface area contributed by atoms with Crippen LogP contribution in [0.3, 0.4) is 0 Å². The second-order valence-electron chi connectivity index (χ2n) is 8.01. The molecule has 1 amide bonds. The highest BCUT2D eigenvalue weighted by Gasteiger charge is 2.23. The molecule has 4 aromatic rings. The van der Waals surface area contributed by atoms with Gasteiger partial charge in [-0.3, -0.25) is 18.7 Å². The molecule has 0 radical (unpaired) electrons. The number of pyridine rings is 1. The van der Waals surface area contributed by atoms with Gasteiger partial charge in [-0.25, -0.2) is 14.8 Å². The number of imidazole rings is 1. The lowest BCUT2D eigenvalue weighted by Gasteiger charge is -2.22. The highest BCUT2D eigenvalue weighted by atomic mass is 16.2. The van der Waals surface area contributed by atoms with Crippen molar-refractivity contribution in [3.05, 3.63) is 62.9 Å². The van der Waals surface area contributed by atoms with E-state index in [9.17, 15) is 14.4 Å². The maximum absolute atomic E-state index is 13.2. The summed E-state index contributed by atoms with van der Waals surface area (Å²) in [6, 6.07) is 9.42. The Balaban J connectivity index is 1.39. The maximum Gasteiger partial charge on any atom is 0.332 e. The molecule has 1 aliphatic rings. The average molecular weight is 433 g/mol. The molecule has 10 heteroatoms. The van der Waals surface area contributed by atoms with Gasteiger partial charge in [-0.2, -0.15) is 0 Å². The SMILES string of the molecule is Cn1c(=O)c2cc(C(=O)N3CCCN(c4nc5ccccc5[nH]4)CC3)cnc2n(C)c1=O.